The number of hydrogen-bond donors (Lipinski definition) is 18. The number of rotatable bonds is 46. The van der Waals surface area contributed by atoms with E-state index in [1.807, 2.05) is 0 Å². The summed E-state index contributed by atoms with van der Waals surface area (Å²) in [5.74, 6) is -15.7. The summed E-state index contributed by atoms with van der Waals surface area (Å²) in [5.41, 5.74) is 24.0. The molecule has 98 heavy (non-hydrogen) atoms. The molecular weight excluding hydrogens is 1270 g/mol. The van der Waals surface area contributed by atoms with E-state index in [0.29, 0.717) is 48.1 Å². The average molecular weight is 1380 g/mol. The highest BCUT2D eigenvalue weighted by atomic mass is 16.4. The Morgan fingerprint density at radius 3 is 1.49 bits per heavy atom. The van der Waals surface area contributed by atoms with Gasteiger partial charge in [0.25, 0.3) is 0 Å². The second-order valence-corrected chi connectivity index (χ2v) is 25.1. The molecule has 0 radical (unpaired) electrons. The predicted molar refractivity (Wildman–Crippen MR) is 359 cm³/mol. The fourth-order valence-corrected chi connectivity index (χ4v) is 10.4. The van der Waals surface area contributed by atoms with Gasteiger partial charge in [-0.15, -0.1) is 0 Å². The number of nitrogens with two attached hydrogens (primary N) is 4. The summed E-state index contributed by atoms with van der Waals surface area (Å²) in [6.45, 7) is 11.1. The minimum atomic E-state index is -1.95. The predicted octanol–water partition coefficient (Wildman–Crippen LogP) is -2.29. The third kappa shape index (κ3) is 29.0. The zero-order valence-corrected chi connectivity index (χ0v) is 56.7. The largest absolute Gasteiger partial charge is 0.480 e. The van der Waals surface area contributed by atoms with Crippen LogP contribution in [0.1, 0.15) is 143 Å². The SMILES string of the molecule is CCC(C)CCCCC(O)CC(=O)NC(CC(N)=O)C(=O)NC(C(=O)NC(Cc1ccccc1)C(=O)NC(CC(N)=O)C(=O)NC(CC(N)=O)C(=O)NC(CCCCN)C(=O)NC(C(=O)NCC(=O)NC(Cc1c[nH]c2ccccc12)C(=O)NC(C(=O)O)C(C)CC)C(C)O)C(C)C. The van der Waals surface area contributed by atoms with Crippen molar-refractivity contribution >= 4 is 93.7 Å². The number of aromatic amines is 1. The van der Waals surface area contributed by atoms with Crippen molar-refractivity contribution in [1.29, 1.82) is 0 Å². The number of aromatic nitrogens is 1. The zero-order valence-electron chi connectivity index (χ0n) is 56.7. The molecule has 0 aliphatic carbocycles. The van der Waals surface area contributed by atoms with Gasteiger partial charge in [-0.2, -0.15) is 0 Å². The summed E-state index contributed by atoms with van der Waals surface area (Å²) in [5, 5.41) is 56.2. The second kappa shape index (κ2) is 42.2. The van der Waals surface area contributed by atoms with Gasteiger partial charge in [-0.3, -0.25) is 62.3 Å². The molecule has 0 saturated heterocycles. The third-order valence-electron chi connectivity index (χ3n) is 16.5. The molecule has 2 aromatic carbocycles. The lowest BCUT2D eigenvalue weighted by Crippen LogP contribution is -2.62. The van der Waals surface area contributed by atoms with Gasteiger partial charge in [-0.1, -0.05) is 122 Å². The molecular formula is C66H101N15O17. The number of para-hydroxylation sites is 1. The first kappa shape index (κ1) is 82.7. The van der Waals surface area contributed by atoms with Crippen LogP contribution in [-0.2, 0) is 80.0 Å². The van der Waals surface area contributed by atoms with Gasteiger partial charge in [-0.25, -0.2) is 4.79 Å². The number of hydrogen-bond acceptors (Lipinski definition) is 17. The van der Waals surface area contributed by atoms with Crippen LogP contribution in [0.3, 0.4) is 0 Å². The van der Waals surface area contributed by atoms with Crippen molar-refractivity contribution in [2.75, 3.05) is 13.1 Å². The molecule has 13 amide bonds. The Balaban J connectivity index is 1.85. The number of carboxylic acids is 1. The van der Waals surface area contributed by atoms with Gasteiger partial charge >= 0.3 is 5.97 Å². The maximum atomic E-state index is 14.4. The first-order valence-corrected chi connectivity index (χ1v) is 33.0. The van der Waals surface area contributed by atoms with E-state index in [9.17, 15) is 82.4 Å². The normalized spacial score (nSPS) is 15.2. The van der Waals surface area contributed by atoms with E-state index < -0.39 is 193 Å². The van der Waals surface area contributed by atoms with Crippen molar-refractivity contribution in [3.63, 3.8) is 0 Å². The molecule has 1 heterocycles. The monoisotopic (exact) mass is 1380 g/mol. The molecule has 0 aliphatic heterocycles. The number of aliphatic hydroxyl groups is 2. The number of carbonyl (C=O) groups is 14. The first-order chi connectivity index (χ1) is 46.3. The number of unbranched alkanes of at least 4 members (excludes halogenated alkanes) is 2. The number of carbonyl (C=O) groups excluding carboxylic acids is 13. The Bertz CT molecular complexity index is 3200. The fraction of sp³-hybridized carbons (Fsp3) is 0.576. The summed E-state index contributed by atoms with van der Waals surface area (Å²) in [4.78, 5) is 192. The maximum Gasteiger partial charge on any atom is 0.326 e. The lowest BCUT2D eigenvalue weighted by molar-refractivity contribution is -0.143. The Morgan fingerprint density at radius 2 is 0.939 bits per heavy atom. The minimum Gasteiger partial charge on any atom is -0.480 e. The average Bonchev–Trinajstić information content (AvgIpc) is 1.62. The molecule has 0 saturated carbocycles. The van der Waals surface area contributed by atoms with Crippen molar-refractivity contribution in [2.45, 2.75) is 211 Å². The van der Waals surface area contributed by atoms with Crippen LogP contribution in [0.15, 0.2) is 60.8 Å². The lowest BCUT2D eigenvalue weighted by Gasteiger charge is -2.28. The highest BCUT2D eigenvalue weighted by Crippen LogP contribution is 2.21. The van der Waals surface area contributed by atoms with Gasteiger partial charge in [0.1, 0.15) is 54.4 Å². The fourth-order valence-electron chi connectivity index (χ4n) is 10.4. The van der Waals surface area contributed by atoms with E-state index in [2.05, 4.69) is 72.0 Å². The molecule has 13 unspecified atom stereocenters. The Hall–Kier alpha value is -9.56. The highest BCUT2D eigenvalue weighted by molar-refractivity contribution is 6.01. The molecule has 1 aromatic heterocycles. The Kier molecular flexibility index (Phi) is 35.6. The number of amides is 13. The van der Waals surface area contributed by atoms with E-state index >= 15 is 0 Å². The van der Waals surface area contributed by atoms with Crippen molar-refractivity contribution in [2.24, 2.45) is 40.7 Å². The summed E-state index contributed by atoms with van der Waals surface area (Å²) in [6, 6.07) is 0.551. The molecule has 0 aliphatic rings. The van der Waals surface area contributed by atoms with E-state index in [1.165, 1.54) is 0 Å². The Morgan fingerprint density at radius 1 is 0.469 bits per heavy atom. The van der Waals surface area contributed by atoms with Gasteiger partial charge in [-0.05, 0) is 74.1 Å². The molecule has 3 aromatic rings. The summed E-state index contributed by atoms with van der Waals surface area (Å²) >= 11 is 0. The number of nitrogens with one attached hydrogen (secondary N) is 11. The number of carboxylic acid groups (broad SMARTS) is 1. The highest BCUT2D eigenvalue weighted by Gasteiger charge is 2.38. The van der Waals surface area contributed by atoms with Crippen LogP contribution in [0.5, 0.6) is 0 Å². The van der Waals surface area contributed by atoms with Crippen molar-refractivity contribution in [3.05, 3.63) is 71.9 Å². The van der Waals surface area contributed by atoms with Crippen LogP contribution in [0, 0.1) is 17.8 Å². The standard InChI is InChI=1S/C66H101N15O17/c1-8-36(5)19-13-14-22-41(83)29-53(87)73-47(30-50(68)84)63(94)79-55(35(3)4)65(96)78-45(27-39-20-11-10-12-21-39)59(90)76-49(32-52(70)86)61(92)77-48(31-51(69)85)60(91)75-44(25-17-18-26-67)58(89)81-57(38(7)82)64(95)72-34-54(88)74-46(62(93)80-56(66(97)98)37(6)9-2)28-40-33-71-43-24-16-15-23-42(40)43/h10-12,15-16,20-21,23-24,33,35-38,41,44-49,55-57,71,82-83H,8-9,13-14,17-19,22,25-32,34,67H2,1-7H3,(H2,68,84)(H2,69,85)(H2,70,86)(H,72,95)(H,73,87)(H,74,88)(H,75,91)(H,76,90)(H,77,92)(H,78,96)(H,79,94)(H,80,93)(H,81,89)(H,97,98). The van der Waals surface area contributed by atoms with Crippen molar-refractivity contribution in [1.82, 2.24) is 58.2 Å². The lowest BCUT2D eigenvalue weighted by atomic mass is 9.98. The third-order valence-corrected chi connectivity index (χ3v) is 16.5. The summed E-state index contributed by atoms with van der Waals surface area (Å²) < 4.78 is 0. The molecule has 32 heteroatoms. The van der Waals surface area contributed by atoms with Crippen molar-refractivity contribution in [3.8, 4) is 0 Å². The van der Waals surface area contributed by atoms with Crippen molar-refractivity contribution < 1.29 is 82.4 Å². The summed E-state index contributed by atoms with van der Waals surface area (Å²) in [6.07, 6.45) is -0.116. The van der Waals surface area contributed by atoms with Crippen LogP contribution in [0.2, 0.25) is 0 Å². The molecule has 32 nitrogen and oxygen atoms in total. The zero-order chi connectivity index (χ0) is 73.3. The number of benzene rings is 2. The van der Waals surface area contributed by atoms with Gasteiger partial charge in [0, 0.05) is 29.9 Å². The molecule has 3 rings (SSSR count). The molecule has 22 N–H and O–H groups in total. The van der Waals surface area contributed by atoms with Gasteiger partial charge in [0.05, 0.1) is 44.4 Å². The second-order valence-electron chi connectivity index (χ2n) is 25.1. The van der Waals surface area contributed by atoms with Crippen LogP contribution < -0.4 is 76.1 Å². The molecule has 0 bridgehead atoms. The van der Waals surface area contributed by atoms with Gasteiger partial charge in [0.2, 0.25) is 76.8 Å². The molecule has 13 atom stereocenters. The topological polar surface area (TPSA) is 540 Å². The van der Waals surface area contributed by atoms with Gasteiger partial charge in [0.15, 0.2) is 0 Å². The van der Waals surface area contributed by atoms with E-state index in [1.54, 1.807) is 88.5 Å². The first-order valence-electron chi connectivity index (χ1n) is 33.0. The quantitative estimate of drug-likeness (QED) is 0.0265. The molecule has 0 fully saturated rings. The maximum absolute atomic E-state index is 14.4. The van der Waals surface area contributed by atoms with Gasteiger partial charge < -0.3 is 96.4 Å². The number of aliphatic carboxylic acids is 1. The minimum absolute atomic E-state index is 0.120. The Labute approximate surface area is 569 Å². The van der Waals surface area contributed by atoms with E-state index in [-0.39, 0.29) is 32.2 Å². The van der Waals surface area contributed by atoms with Crippen LogP contribution in [-0.4, -0.2) is 183 Å². The van der Waals surface area contributed by atoms with Crippen LogP contribution in [0.25, 0.3) is 10.9 Å². The summed E-state index contributed by atoms with van der Waals surface area (Å²) in [7, 11) is 0. The molecule has 542 valence electrons. The number of fused-ring (bicyclic) bond motifs is 1. The van der Waals surface area contributed by atoms with E-state index in [4.69, 9.17) is 22.9 Å². The number of H-pyrrole nitrogens is 1. The van der Waals surface area contributed by atoms with E-state index in [0.717, 1.165) is 31.7 Å². The smallest absolute Gasteiger partial charge is 0.326 e. The van der Waals surface area contributed by atoms with Crippen LogP contribution in [0.4, 0.5) is 0 Å². The van der Waals surface area contributed by atoms with Crippen LogP contribution >= 0.6 is 0 Å². The number of aliphatic hydroxyl groups excluding tert-OH is 2. The number of primary amides is 3. The molecule has 0 spiro atoms.